The van der Waals surface area contributed by atoms with Crippen LogP contribution in [0.5, 0.6) is 0 Å². The fourth-order valence-corrected chi connectivity index (χ4v) is 2.43. The molecule has 0 saturated heterocycles. The van der Waals surface area contributed by atoms with Gasteiger partial charge in [0.25, 0.3) is 0 Å². The predicted octanol–water partition coefficient (Wildman–Crippen LogP) is 2.21. The molecule has 0 aliphatic carbocycles. The molecule has 1 aromatic heterocycles. The highest BCUT2D eigenvalue weighted by molar-refractivity contribution is 7.92. The van der Waals surface area contributed by atoms with Crippen LogP contribution in [0.2, 0.25) is 0 Å². The lowest BCUT2D eigenvalue weighted by molar-refractivity contribution is 0.340. The molecule has 0 bridgehead atoms. The number of H-pyrrole nitrogens is 1. The Labute approximate surface area is 123 Å². The molecule has 2 rings (SSSR count). The molecule has 1 aromatic carbocycles. The molecule has 7 heteroatoms. The van der Waals surface area contributed by atoms with Crippen LogP contribution in [-0.4, -0.2) is 31.2 Å². The van der Waals surface area contributed by atoms with E-state index in [-0.39, 0.29) is 5.75 Å². The normalized spacial score (nSPS) is 12.2. The van der Waals surface area contributed by atoms with Crippen LogP contribution in [0.4, 0.5) is 5.69 Å². The van der Waals surface area contributed by atoms with Crippen molar-refractivity contribution in [3.8, 4) is 0 Å². The molecule has 2 N–H and O–H groups in total. The second-order valence-corrected chi connectivity index (χ2v) is 6.32. The summed E-state index contributed by atoms with van der Waals surface area (Å²) in [5, 5.41) is 0. The van der Waals surface area contributed by atoms with Crippen LogP contribution in [-0.2, 0) is 14.8 Å². The number of aromatic nitrogens is 2. The van der Waals surface area contributed by atoms with Crippen LogP contribution in [0.15, 0.2) is 43.1 Å². The molecule has 112 valence electrons. The van der Waals surface area contributed by atoms with Crippen LogP contribution in [0, 0.1) is 0 Å². The topological polar surface area (TPSA) is 84.1 Å². The zero-order chi connectivity index (χ0) is 15.3. The summed E-state index contributed by atoms with van der Waals surface area (Å²) in [5.41, 5.74) is 2.79. The average molecular weight is 307 g/mol. The molecule has 21 heavy (non-hydrogen) atoms. The molecule has 0 amide bonds. The minimum Gasteiger partial charge on any atom is -0.504 e. The summed E-state index contributed by atoms with van der Waals surface area (Å²) >= 11 is 0. The van der Waals surface area contributed by atoms with Crippen LogP contribution >= 0.6 is 0 Å². The van der Waals surface area contributed by atoms with Crippen molar-refractivity contribution >= 4 is 21.3 Å². The first-order chi connectivity index (χ1) is 10.1. The van der Waals surface area contributed by atoms with Gasteiger partial charge in [-0.3, -0.25) is 4.72 Å². The van der Waals surface area contributed by atoms with Gasteiger partial charge in [0.05, 0.1) is 31.1 Å². The van der Waals surface area contributed by atoms with E-state index in [1.165, 1.54) is 0 Å². The highest BCUT2D eigenvalue weighted by Crippen LogP contribution is 2.24. The second kappa shape index (κ2) is 6.45. The van der Waals surface area contributed by atoms with Gasteiger partial charge in [-0.2, -0.15) is 0 Å². The summed E-state index contributed by atoms with van der Waals surface area (Å²) in [6.45, 7) is 1.59. The fourth-order valence-electron chi connectivity index (χ4n) is 1.80. The lowest BCUT2D eigenvalue weighted by Gasteiger charge is -2.09. The number of hydrogen-bond acceptors (Lipinski definition) is 4. The maximum Gasteiger partial charge on any atom is 0.232 e. The Morgan fingerprint density at radius 2 is 2.29 bits per heavy atom. The fraction of sp³-hybridized carbons (Fsp3) is 0.214. The number of sulfonamides is 1. The Hall–Kier alpha value is -2.28. The first-order valence-corrected chi connectivity index (χ1v) is 8.04. The molecule has 0 radical (unpaired) electrons. The van der Waals surface area contributed by atoms with E-state index in [0.717, 1.165) is 11.1 Å². The number of nitrogens with one attached hydrogen (secondary N) is 2. The number of rotatable bonds is 6. The van der Waals surface area contributed by atoms with Crippen molar-refractivity contribution in [2.75, 3.05) is 17.6 Å². The number of benzene rings is 1. The summed E-state index contributed by atoms with van der Waals surface area (Å²) in [6.07, 6.45) is 4.89. The van der Waals surface area contributed by atoms with Gasteiger partial charge in [0, 0.05) is 17.5 Å². The second-order valence-electron chi connectivity index (χ2n) is 4.31. The van der Waals surface area contributed by atoms with E-state index in [2.05, 4.69) is 14.7 Å². The summed E-state index contributed by atoms with van der Waals surface area (Å²) in [5.74, 6) is 0.0252. The molecular formula is C14H17N3O3S. The SMILES string of the molecule is CCS(=O)(=O)Nc1cccc(/C(=C\OC)c2c[nH]cn2)c1. The number of hydrogen-bond donors (Lipinski definition) is 2. The van der Waals surface area contributed by atoms with Crippen molar-refractivity contribution in [2.45, 2.75) is 6.92 Å². The Morgan fingerprint density at radius 3 is 2.90 bits per heavy atom. The average Bonchev–Trinajstić information content (AvgIpc) is 2.98. The van der Waals surface area contributed by atoms with Gasteiger partial charge in [0.1, 0.15) is 0 Å². The van der Waals surface area contributed by atoms with Gasteiger partial charge in [0.15, 0.2) is 0 Å². The third-order valence-electron chi connectivity index (χ3n) is 2.84. The number of imidazole rings is 1. The van der Waals surface area contributed by atoms with Gasteiger partial charge in [-0.25, -0.2) is 13.4 Å². The van der Waals surface area contributed by atoms with E-state index in [1.54, 1.807) is 51.0 Å². The highest BCUT2D eigenvalue weighted by atomic mass is 32.2. The predicted molar refractivity (Wildman–Crippen MR) is 82.2 cm³/mol. The van der Waals surface area contributed by atoms with Crippen molar-refractivity contribution in [1.29, 1.82) is 0 Å². The number of aromatic amines is 1. The molecule has 0 aliphatic heterocycles. The van der Waals surface area contributed by atoms with E-state index >= 15 is 0 Å². The van der Waals surface area contributed by atoms with E-state index in [1.807, 2.05) is 6.07 Å². The first kappa shape index (κ1) is 15.1. The van der Waals surface area contributed by atoms with Gasteiger partial charge in [0.2, 0.25) is 10.0 Å². The monoisotopic (exact) mass is 307 g/mol. The maximum atomic E-state index is 11.6. The quantitative estimate of drug-likeness (QED) is 0.801. The van der Waals surface area contributed by atoms with E-state index in [9.17, 15) is 8.42 Å². The van der Waals surface area contributed by atoms with Crippen LogP contribution in [0.3, 0.4) is 0 Å². The molecule has 0 atom stereocenters. The summed E-state index contributed by atoms with van der Waals surface area (Å²) < 4.78 is 30.9. The van der Waals surface area contributed by atoms with Crippen molar-refractivity contribution in [1.82, 2.24) is 9.97 Å². The van der Waals surface area contributed by atoms with Crippen molar-refractivity contribution in [3.63, 3.8) is 0 Å². The molecular weight excluding hydrogens is 290 g/mol. The van der Waals surface area contributed by atoms with Crippen LogP contribution < -0.4 is 4.72 Å². The maximum absolute atomic E-state index is 11.6. The molecule has 0 spiro atoms. The van der Waals surface area contributed by atoms with Crippen molar-refractivity contribution in [3.05, 3.63) is 54.3 Å². The molecule has 0 saturated carbocycles. The van der Waals surface area contributed by atoms with Gasteiger partial charge in [-0.1, -0.05) is 12.1 Å². The Balaban J connectivity index is 2.38. The highest BCUT2D eigenvalue weighted by Gasteiger charge is 2.11. The molecule has 0 aliphatic rings. The first-order valence-electron chi connectivity index (χ1n) is 6.39. The zero-order valence-electron chi connectivity index (χ0n) is 11.8. The third kappa shape index (κ3) is 3.85. The van der Waals surface area contributed by atoms with Crippen LogP contribution in [0.1, 0.15) is 18.2 Å². The Kier molecular flexibility index (Phi) is 4.64. The summed E-state index contributed by atoms with van der Waals surface area (Å²) in [6, 6.07) is 7.08. The number of methoxy groups -OCH3 is 1. The third-order valence-corrected chi connectivity index (χ3v) is 4.14. The van der Waals surface area contributed by atoms with E-state index in [4.69, 9.17) is 4.74 Å². The molecule has 6 nitrogen and oxygen atoms in total. The minimum absolute atomic E-state index is 0.0252. The summed E-state index contributed by atoms with van der Waals surface area (Å²) in [4.78, 5) is 7.07. The minimum atomic E-state index is -3.30. The van der Waals surface area contributed by atoms with Gasteiger partial charge in [-0.15, -0.1) is 0 Å². The van der Waals surface area contributed by atoms with Gasteiger partial charge < -0.3 is 9.72 Å². The largest absolute Gasteiger partial charge is 0.504 e. The number of ether oxygens (including phenoxy) is 1. The number of nitrogens with zero attached hydrogens (tertiary/aromatic N) is 1. The van der Waals surface area contributed by atoms with Crippen molar-refractivity contribution < 1.29 is 13.2 Å². The van der Waals surface area contributed by atoms with Gasteiger partial charge >= 0.3 is 0 Å². The summed E-state index contributed by atoms with van der Waals surface area (Å²) in [7, 11) is -1.75. The lowest BCUT2D eigenvalue weighted by Crippen LogP contribution is -2.14. The Bertz CT molecular complexity index is 722. The number of anilines is 1. The van der Waals surface area contributed by atoms with Crippen LogP contribution in [0.25, 0.3) is 5.57 Å². The molecule has 0 fully saturated rings. The lowest BCUT2D eigenvalue weighted by atomic mass is 10.0. The zero-order valence-corrected chi connectivity index (χ0v) is 12.6. The smallest absolute Gasteiger partial charge is 0.232 e. The Morgan fingerprint density at radius 1 is 1.48 bits per heavy atom. The standard InChI is InChI=1S/C14H17N3O3S/c1-3-21(18,19)17-12-6-4-5-11(7-12)13(9-20-2)14-8-15-10-16-14/h4-10,17H,3H2,1-2H3,(H,15,16)/b13-9+. The van der Waals surface area contributed by atoms with E-state index < -0.39 is 10.0 Å². The molecule has 2 aromatic rings. The molecule has 0 unspecified atom stereocenters. The van der Waals surface area contributed by atoms with Crippen molar-refractivity contribution in [2.24, 2.45) is 0 Å². The van der Waals surface area contributed by atoms with Gasteiger partial charge in [-0.05, 0) is 24.6 Å². The van der Waals surface area contributed by atoms with E-state index in [0.29, 0.717) is 11.4 Å². The molecule has 1 heterocycles.